The van der Waals surface area contributed by atoms with Crippen molar-refractivity contribution in [2.75, 3.05) is 0 Å². The summed E-state index contributed by atoms with van der Waals surface area (Å²) in [6, 6.07) is 30.7. The van der Waals surface area contributed by atoms with Crippen LogP contribution < -0.4 is 0 Å². The molecule has 218 valence electrons. The maximum atomic E-state index is 4.02. The molecule has 4 aromatic carbocycles. The van der Waals surface area contributed by atoms with Gasteiger partial charge in [0, 0.05) is 39.6 Å². The third kappa shape index (κ3) is 5.70. The molecule has 0 aliphatic carbocycles. The van der Waals surface area contributed by atoms with Crippen molar-refractivity contribution in [3.63, 3.8) is 0 Å². The Bertz CT molecular complexity index is 1620. The minimum Gasteiger partial charge on any atom is -0.130 e. The number of hydrogen-bond acceptors (Lipinski definition) is 0. The molecule has 0 heterocycles. The Morgan fingerprint density at radius 3 is 1.00 bits per heavy atom. The van der Waals surface area contributed by atoms with E-state index in [0.29, 0.717) is 0 Å². The van der Waals surface area contributed by atoms with Crippen molar-refractivity contribution >= 4 is 65.2 Å². The number of benzene rings is 4. The van der Waals surface area contributed by atoms with E-state index in [2.05, 4.69) is 186 Å². The van der Waals surface area contributed by atoms with E-state index in [-0.39, 0.29) is 0 Å². The molecule has 0 saturated carbocycles. The largest absolute Gasteiger partial charge is 0.130 e. The predicted molar refractivity (Wildman–Crippen MR) is 207 cm³/mol. The van der Waals surface area contributed by atoms with Crippen LogP contribution in [0.5, 0.6) is 0 Å². The van der Waals surface area contributed by atoms with Gasteiger partial charge in [-0.15, -0.1) is 11.1 Å². The smallest absolute Gasteiger partial charge is 0.121 e. The lowest BCUT2D eigenvalue weighted by molar-refractivity contribution is 1.69. The van der Waals surface area contributed by atoms with E-state index >= 15 is 0 Å². The summed E-state index contributed by atoms with van der Waals surface area (Å²) >= 11 is 0. The van der Waals surface area contributed by atoms with Crippen LogP contribution >= 0.6 is 0 Å². The maximum absolute atomic E-state index is 4.02. The van der Waals surface area contributed by atoms with Crippen LogP contribution in [0.3, 0.4) is 0 Å². The number of hydrogen-bond donors (Lipinski definition) is 0. The molecule has 0 N–H and O–H groups in total. The summed E-state index contributed by atoms with van der Waals surface area (Å²) in [5.74, 6) is 7.42. The summed E-state index contributed by atoms with van der Waals surface area (Å²) in [4.78, 5) is 0. The second kappa shape index (κ2) is 11.4. The minimum atomic E-state index is -1.79. The summed E-state index contributed by atoms with van der Waals surface area (Å²) in [6.07, 6.45) is 0. The van der Waals surface area contributed by atoms with Crippen LogP contribution in [0.15, 0.2) is 84.9 Å². The fraction of sp³-hybridized carbons (Fsp3) is 0.333. The Balaban J connectivity index is 1.66. The van der Waals surface area contributed by atoms with Crippen LogP contribution in [0.4, 0.5) is 0 Å². The first kappa shape index (κ1) is 32.7. The second-order valence-corrected chi connectivity index (χ2v) is 78.9. The fourth-order valence-corrected chi connectivity index (χ4v) is 150. The first-order chi connectivity index (χ1) is 19.3. The van der Waals surface area contributed by atoms with Gasteiger partial charge in [-0.05, 0) is 45.8 Å². The molecule has 0 aromatic heterocycles. The molecule has 0 aliphatic heterocycles. The van der Waals surface area contributed by atoms with Gasteiger partial charge in [-0.2, -0.15) is 0 Å². The highest BCUT2D eigenvalue weighted by Crippen LogP contribution is 2.42. The molecule has 0 bridgehead atoms. The van der Waals surface area contributed by atoms with Crippen LogP contribution in [-0.4, -0.2) is 43.6 Å². The standard InChI is InChI=1S/C36H50Si6/c1-37(2,27-25-31-21-23-33-17-13-15-19-35(33)29-31)39(5,6)41(9,10)42(11,12)40(7,8)38(3,4)28-26-32-22-24-34-18-14-16-20-36(34)30-32/h13-24,29-30H,1-12H3. The van der Waals surface area contributed by atoms with Gasteiger partial charge in [-0.25, -0.2) is 0 Å². The molecule has 0 amide bonds. The van der Waals surface area contributed by atoms with Crippen molar-refractivity contribution < 1.29 is 0 Å². The molecule has 4 aromatic rings. The molecule has 0 atom stereocenters. The van der Waals surface area contributed by atoms with E-state index in [1.54, 1.807) is 0 Å². The van der Waals surface area contributed by atoms with E-state index in [0.717, 1.165) is 0 Å². The van der Waals surface area contributed by atoms with Gasteiger partial charge >= 0.3 is 0 Å². The van der Waals surface area contributed by atoms with Gasteiger partial charge in [-0.1, -0.05) is 151 Å². The average molecular weight is 651 g/mol. The van der Waals surface area contributed by atoms with Gasteiger partial charge in [0.1, 0.15) is 15.2 Å². The molecule has 6 heteroatoms. The van der Waals surface area contributed by atoms with Crippen molar-refractivity contribution in [1.82, 2.24) is 0 Å². The zero-order valence-corrected chi connectivity index (χ0v) is 34.1. The quantitative estimate of drug-likeness (QED) is 0.149. The summed E-state index contributed by atoms with van der Waals surface area (Å²) in [6.45, 7) is 32.6. The normalized spacial score (nSPS) is 13.3. The van der Waals surface area contributed by atoms with Gasteiger partial charge in [0.2, 0.25) is 0 Å². The monoisotopic (exact) mass is 650 g/mol. The van der Waals surface area contributed by atoms with Crippen molar-refractivity contribution in [1.29, 1.82) is 0 Å². The van der Waals surface area contributed by atoms with E-state index in [1.807, 2.05) is 0 Å². The first-order valence-electron chi connectivity index (χ1n) is 15.4. The highest BCUT2D eigenvalue weighted by molar-refractivity contribution is 7.97. The summed E-state index contributed by atoms with van der Waals surface area (Å²) < 4.78 is 0. The molecular weight excluding hydrogens is 601 g/mol. The Labute approximate surface area is 261 Å². The fourth-order valence-electron chi connectivity index (χ4n) is 6.43. The van der Waals surface area contributed by atoms with Gasteiger partial charge in [0.25, 0.3) is 0 Å². The molecule has 4 rings (SSSR count). The Hall–Kier alpha value is -2.18. The topological polar surface area (TPSA) is 0 Å². The lowest BCUT2D eigenvalue weighted by Crippen LogP contribution is -2.88. The van der Waals surface area contributed by atoms with Crippen molar-refractivity contribution in [3.05, 3.63) is 96.1 Å². The van der Waals surface area contributed by atoms with Gasteiger partial charge in [-0.3, -0.25) is 0 Å². The van der Waals surface area contributed by atoms with E-state index in [9.17, 15) is 0 Å². The van der Waals surface area contributed by atoms with Crippen molar-refractivity contribution in [3.8, 4) is 22.9 Å². The van der Waals surface area contributed by atoms with Gasteiger partial charge < -0.3 is 0 Å². The van der Waals surface area contributed by atoms with Crippen LogP contribution in [0.25, 0.3) is 21.5 Å². The molecule has 0 fully saturated rings. The van der Waals surface area contributed by atoms with Crippen molar-refractivity contribution in [2.45, 2.75) is 78.6 Å². The summed E-state index contributed by atoms with van der Waals surface area (Å²) in [7, 11) is -10.0. The highest BCUT2D eigenvalue weighted by atomic mass is 30.0. The molecule has 0 aliphatic rings. The van der Waals surface area contributed by atoms with E-state index < -0.39 is 43.6 Å². The first-order valence-corrected chi connectivity index (χ1v) is 38.4. The Morgan fingerprint density at radius 2 is 0.667 bits per heavy atom. The predicted octanol–water partition coefficient (Wildman–Crippen LogP) is 10.1. The molecular formula is C36H50Si6. The molecule has 0 nitrogen and oxygen atoms in total. The molecule has 0 radical (unpaired) electrons. The third-order valence-corrected chi connectivity index (χ3v) is 129. The van der Waals surface area contributed by atoms with Gasteiger partial charge in [0.05, 0.1) is 0 Å². The zero-order valence-electron chi connectivity index (χ0n) is 28.1. The Morgan fingerprint density at radius 1 is 0.357 bits per heavy atom. The van der Waals surface area contributed by atoms with Crippen LogP contribution in [0.2, 0.25) is 78.6 Å². The number of fused-ring (bicyclic) bond motifs is 2. The van der Waals surface area contributed by atoms with Crippen molar-refractivity contribution in [2.24, 2.45) is 0 Å². The average Bonchev–Trinajstić information content (AvgIpc) is 2.94. The van der Waals surface area contributed by atoms with E-state index in [1.165, 1.54) is 32.7 Å². The summed E-state index contributed by atoms with van der Waals surface area (Å²) in [5, 5.41) is 5.15. The number of rotatable bonds is 5. The molecule has 0 unspecified atom stereocenters. The second-order valence-electron chi connectivity index (χ2n) is 15.4. The molecule has 0 spiro atoms. The zero-order chi connectivity index (χ0) is 31.2. The van der Waals surface area contributed by atoms with E-state index in [4.69, 9.17) is 0 Å². The molecule has 0 saturated heterocycles. The summed E-state index contributed by atoms with van der Waals surface area (Å²) in [5.41, 5.74) is 10.4. The van der Waals surface area contributed by atoms with Crippen LogP contribution in [0, 0.1) is 22.9 Å². The third-order valence-electron chi connectivity index (χ3n) is 12.4. The lowest BCUT2D eigenvalue weighted by atomic mass is 10.1. The minimum absolute atomic E-state index is 1.17. The Kier molecular flexibility index (Phi) is 8.88. The van der Waals surface area contributed by atoms with Crippen LogP contribution in [-0.2, 0) is 0 Å². The highest BCUT2D eigenvalue weighted by Gasteiger charge is 2.66. The van der Waals surface area contributed by atoms with Crippen LogP contribution in [0.1, 0.15) is 11.1 Å². The molecule has 42 heavy (non-hydrogen) atoms. The maximum Gasteiger partial charge on any atom is 0.121 e. The SMILES string of the molecule is C[Si](C)(C#Cc1ccc2ccccc2c1)[Si](C)(C)[Si](C)(C)[Si](C)(C)[Si](C)(C)[Si](C)(C)C#Cc1ccc2ccccc2c1. The van der Waals surface area contributed by atoms with Gasteiger partial charge in [0.15, 0.2) is 0 Å². The lowest BCUT2D eigenvalue weighted by Gasteiger charge is -2.60.